The molecule has 2 N–H and O–H groups in total. The van der Waals surface area contributed by atoms with Crippen LogP contribution >= 0.6 is 0 Å². The van der Waals surface area contributed by atoms with Gasteiger partial charge < -0.3 is 10.5 Å². The van der Waals surface area contributed by atoms with Crippen molar-refractivity contribution in [3.8, 4) is 5.75 Å². The Morgan fingerprint density at radius 3 is 2.54 bits per heavy atom. The van der Waals surface area contributed by atoms with Gasteiger partial charge in [0.15, 0.2) is 11.4 Å². The van der Waals surface area contributed by atoms with Gasteiger partial charge in [0.1, 0.15) is 11.8 Å². The quantitative estimate of drug-likeness (QED) is 0.678. The number of aromatic nitrogens is 4. The summed E-state index contributed by atoms with van der Waals surface area (Å²) in [5, 5.41) is 4.43. The molecule has 1 saturated heterocycles. The highest BCUT2D eigenvalue weighted by molar-refractivity contribution is 5.95. The van der Waals surface area contributed by atoms with Crippen LogP contribution in [0.25, 0.3) is 16.6 Å². The molecule has 7 nitrogen and oxygen atoms in total. The van der Waals surface area contributed by atoms with Gasteiger partial charge in [0.25, 0.3) is 6.43 Å². The highest BCUT2D eigenvalue weighted by Gasteiger charge is 2.15. The van der Waals surface area contributed by atoms with Crippen LogP contribution in [0.4, 0.5) is 23.5 Å². The number of anilines is 1. The van der Waals surface area contributed by atoms with Crippen molar-refractivity contribution in [1.82, 2.24) is 24.5 Å². The molecule has 4 rings (SSSR count). The topological polar surface area (TPSA) is 81.6 Å². The van der Waals surface area contributed by atoms with Crippen LogP contribution in [0, 0.1) is 0 Å². The Kier molecular flexibility index (Phi) is 6.45. The van der Waals surface area contributed by atoms with E-state index in [1.165, 1.54) is 23.3 Å². The number of piperidine rings is 1. The summed E-state index contributed by atoms with van der Waals surface area (Å²) < 4.78 is 53.9. The Labute approximate surface area is 158 Å². The molecule has 1 fully saturated rings. The minimum atomic E-state index is -2.92. The number of para-hydroxylation sites is 1. The van der Waals surface area contributed by atoms with Gasteiger partial charge in [-0.25, -0.2) is 18.7 Å². The van der Waals surface area contributed by atoms with Crippen LogP contribution in [-0.4, -0.2) is 57.2 Å². The average Bonchev–Trinajstić information content (AvgIpc) is 3.14. The summed E-state index contributed by atoms with van der Waals surface area (Å²) in [7, 11) is 0. The summed E-state index contributed by atoms with van der Waals surface area (Å²) >= 11 is 0. The molecule has 28 heavy (non-hydrogen) atoms. The number of ether oxygens (including phenoxy) is 1. The lowest BCUT2D eigenvalue weighted by atomic mass is 10.1. The average molecular weight is 400 g/mol. The Hall–Kier alpha value is -2.69. The number of halogens is 4. The summed E-state index contributed by atoms with van der Waals surface area (Å²) in [6.45, 7) is -1.22. The number of benzene rings is 1. The van der Waals surface area contributed by atoms with Gasteiger partial charge in [0.05, 0.1) is 6.54 Å². The Morgan fingerprint density at radius 1 is 1.11 bits per heavy atom. The first-order valence-corrected chi connectivity index (χ1v) is 8.79. The van der Waals surface area contributed by atoms with Crippen LogP contribution in [0.15, 0.2) is 24.5 Å². The molecule has 152 valence electrons. The number of nitrogens with zero attached hydrogens (tertiary/aromatic N) is 5. The highest BCUT2D eigenvalue weighted by atomic mass is 19.3. The van der Waals surface area contributed by atoms with Crippen LogP contribution in [0.3, 0.4) is 0 Å². The van der Waals surface area contributed by atoms with Gasteiger partial charge in [-0.2, -0.15) is 18.4 Å². The molecule has 3 heterocycles. The molecule has 1 aliphatic rings. The number of nitrogen functional groups attached to an aromatic ring is 1. The van der Waals surface area contributed by atoms with E-state index in [1.807, 2.05) is 4.90 Å². The van der Waals surface area contributed by atoms with Crippen molar-refractivity contribution < 1.29 is 22.3 Å². The van der Waals surface area contributed by atoms with Crippen molar-refractivity contribution in [1.29, 1.82) is 0 Å². The van der Waals surface area contributed by atoms with Gasteiger partial charge >= 0.3 is 6.61 Å². The SMILES string of the molecule is FC(F)CN1CCCCC1.Nc1nc2c(OC(F)F)cccc2c2ncnn12. The van der Waals surface area contributed by atoms with Crippen LogP contribution < -0.4 is 10.5 Å². The van der Waals surface area contributed by atoms with E-state index in [0.717, 1.165) is 25.9 Å². The summed E-state index contributed by atoms with van der Waals surface area (Å²) in [6, 6.07) is 4.66. The van der Waals surface area contributed by atoms with Crippen molar-refractivity contribution in [2.75, 3.05) is 25.4 Å². The molecule has 0 radical (unpaired) electrons. The minimum Gasteiger partial charge on any atom is -0.432 e. The third-order valence-corrected chi connectivity index (χ3v) is 4.29. The molecule has 0 amide bonds. The molecule has 0 unspecified atom stereocenters. The van der Waals surface area contributed by atoms with Gasteiger partial charge in [-0.1, -0.05) is 12.5 Å². The van der Waals surface area contributed by atoms with Crippen LogP contribution in [0.5, 0.6) is 5.75 Å². The minimum absolute atomic E-state index is 0.0278. The molecule has 1 aliphatic heterocycles. The van der Waals surface area contributed by atoms with Crippen molar-refractivity contribution in [2.45, 2.75) is 32.3 Å². The van der Waals surface area contributed by atoms with Gasteiger partial charge in [0.2, 0.25) is 5.95 Å². The molecule has 3 aromatic rings. The van der Waals surface area contributed by atoms with Crippen LogP contribution in [0.1, 0.15) is 19.3 Å². The first kappa shape index (κ1) is 20.1. The standard InChI is InChI=1S/C10H7F2N5O.C7H13F2N/c11-9(12)18-6-3-1-2-5-7(6)16-10(13)17-8(5)14-4-15-17;8-7(9)6-10-4-2-1-3-5-10/h1-4,9H,(H2,13,16);7H,1-6H2. The number of rotatable bonds is 4. The molecular formula is C17H20F4N6O. The largest absolute Gasteiger partial charge is 0.432 e. The van der Waals surface area contributed by atoms with E-state index >= 15 is 0 Å². The summed E-state index contributed by atoms with van der Waals surface area (Å²) in [5.41, 5.74) is 6.35. The fourth-order valence-corrected chi connectivity index (χ4v) is 3.10. The zero-order chi connectivity index (χ0) is 20.1. The van der Waals surface area contributed by atoms with Crippen molar-refractivity contribution >= 4 is 22.5 Å². The van der Waals surface area contributed by atoms with Crippen LogP contribution in [-0.2, 0) is 0 Å². The third kappa shape index (κ3) is 4.77. The Balaban J connectivity index is 0.000000192. The van der Waals surface area contributed by atoms with E-state index in [2.05, 4.69) is 19.8 Å². The summed E-state index contributed by atoms with van der Waals surface area (Å²) in [6.07, 6.45) is 2.55. The van der Waals surface area contributed by atoms with Crippen molar-refractivity contribution in [3.05, 3.63) is 24.5 Å². The van der Waals surface area contributed by atoms with E-state index in [1.54, 1.807) is 12.1 Å². The second kappa shape index (κ2) is 9.00. The molecule has 1 aromatic carbocycles. The van der Waals surface area contributed by atoms with Crippen LogP contribution in [0.2, 0.25) is 0 Å². The number of likely N-dealkylation sites (tertiary alicyclic amines) is 1. The molecule has 11 heteroatoms. The third-order valence-electron chi connectivity index (χ3n) is 4.29. The smallest absolute Gasteiger partial charge is 0.387 e. The predicted molar refractivity (Wildman–Crippen MR) is 95.6 cm³/mol. The fourth-order valence-electron chi connectivity index (χ4n) is 3.10. The first-order valence-electron chi connectivity index (χ1n) is 8.79. The van der Waals surface area contributed by atoms with E-state index < -0.39 is 13.0 Å². The molecule has 0 spiro atoms. The van der Waals surface area contributed by atoms with Gasteiger partial charge in [-0.05, 0) is 38.1 Å². The second-order valence-corrected chi connectivity index (χ2v) is 6.25. The predicted octanol–water partition coefficient (Wildman–Crippen LogP) is 3.20. The maximum absolute atomic E-state index is 12.3. The number of nitrogens with two attached hydrogens (primary N) is 1. The number of alkyl halides is 4. The molecule has 0 saturated carbocycles. The highest BCUT2D eigenvalue weighted by Crippen LogP contribution is 2.28. The monoisotopic (exact) mass is 400 g/mol. The molecule has 0 aliphatic carbocycles. The van der Waals surface area contributed by atoms with E-state index in [-0.39, 0.29) is 23.8 Å². The van der Waals surface area contributed by atoms with E-state index in [9.17, 15) is 17.6 Å². The Morgan fingerprint density at radius 2 is 1.86 bits per heavy atom. The van der Waals surface area contributed by atoms with Gasteiger partial charge in [-0.15, -0.1) is 0 Å². The first-order chi connectivity index (χ1) is 13.5. The second-order valence-electron chi connectivity index (χ2n) is 6.25. The molecule has 0 atom stereocenters. The lowest BCUT2D eigenvalue weighted by Crippen LogP contribution is -2.33. The number of fused-ring (bicyclic) bond motifs is 3. The van der Waals surface area contributed by atoms with Crippen molar-refractivity contribution in [3.63, 3.8) is 0 Å². The molecule has 2 aromatic heterocycles. The summed E-state index contributed by atoms with van der Waals surface area (Å²) in [5.74, 6) is 0.0139. The molecule has 0 bridgehead atoms. The van der Waals surface area contributed by atoms with Crippen molar-refractivity contribution in [2.24, 2.45) is 0 Å². The van der Waals surface area contributed by atoms with Gasteiger partial charge in [-0.3, -0.25) is 4.90 Å². The Bertz CT molecular complexity index is 913. The van der Waals surface area contributed by atoms with Gasteiger partial charge in [0, 0.05) is 5.39 Å². The zero-order valence-corrected chi connectivity index (χ0v) is 14.9. The normalized spacial score (nSPS) is 15.2. The number of hydrogen-bond donors (Lipinski definition) is 1. The zero-order valence-electron chi connectivity index (χ0n) is 14.9. The maximum Gasteiger partial charge on any atom is 0.387 e. The lowest BCUT2D eigenvalue weighted by Gasteiger charge is -2.25. The van der Waals surface area contributed by atoms with E-state index in [4.69, 9.17) is 5.73 Å². The lowest BCUT2D eigenvalue weighted by molar-refractivity contribution is -0.0489. The number of hydrogen-bond acceptors (Lipinski definition) is 6. The fraction of sp³-hybridized carbons (Fsp3) is 0.471. The maximum atomic E-state index is 12.3. The molecular weight excluding hydrogens is 380 g/mol. The summed E-state index contributed by atoms with van der Waals surface area (Å²) in [4.78, 5) is 9.87. The van der Waals surface area contributed by atoms with E-state index in [0.29, 0.717) is 11.0 Å².